The van der Waals surface area contributed by atoms with Gasteiger partial charge in [0.15, 0.2) is 0 Å². The van der Waals surface area contributed by atoms with Crippen molar-refractivity contribution >= 4 is 40.6 Å². The van der Waals surface area contributed by atoms with Gasteiger partial charge in [-0.15, -0.1) is 0 Å². The third kappa shape index (κ3) is 3.95. The molecular weight excluding hydrogens is 380 g/mol. The summed E-state index contributed by atoms with van der Waals surface area (Å²) >= 11 is 6.19. The fourth-order valence-electron chi connectivity index (χ4n) is 3.48. The average molecular weight is 401 g/mol. The molecule has 2 fully saturated rings. The highest BCUT2D eigenvalue weighted by atomic mass is 35.5. The standard InChI is InChI=1S/C20H21ClN4O3/c21-16-3-1-2-4-17(16)25-13-14(11-19(25)26)20(27)23-18-6-5-15(12-22-18)24-7-9-28-10-8-24/h1-6,12,14H,7-11,13H2,(H,22,23,27). The minimum Gasteiger partial charge on any atom is -0.378 e. The number of para-hydroxylation sites is 1. The maximum absolute atomic E-state index is 12.6. The van der Waals surface area contributed by atoms with Crippen molar-refractivity contribution in [1.29, 1.82) is 0 Å². The number of nitrogens with zero attached hydrogens (tertiary/aromatic N) is 3. The third-order valence-corrected chi connectivity index (χ3v) is 5.33. The quantitative estimate of drug-likeness (QED) is 0.853. The van der Waals surface area contributed by atoms with Gasteiger partial charge in [-0.25, -0.2) is 4.98 Å². The third-order valence-electron chi connectivity index (χ3n) is 5.01. The molecule has 1 aromatic heterocycles. The summed E-state index contributed by atoms with van der Waals surface area (Å²) in [4.78, 5) is 33.1. The molecule has 2 aliphatic heterocycles. The van der Waals surface area contributed by atoms with E-state index in [2.05, 4.69) is 15.2 Å². The summed E-state index contributed by atoms with van der Waals surface area (Å²) in [6.45, 7) is 3.37. The zero-order chi connectivity index (χ0) is 19.5. The highest BCUT2D eigenvalue weighted by molar-refractivity contribution is 6.33. The van der Waals surface area contributed by atoms with E-state index in [1.165, 1.54) is 0 Å². The molecule has 7 nitrogen and oxygen atoms in total. The van der Waals surface area contributed by atoms with Crippen LogP contribution >= 0.6 is 11.6 Å². The number of carbonyl (C=O) groups is 2. The van der Waals surface area contributed by atoms with Gasteiger partial charge in [0.25, 0.3) is 0 Å². The van der Waals surface area contributed by atoms with Crippen LogP contribution in [0.5, 0.6) is 0 Å². The van der Waals surface area contributed by atoms with Gasteiger partial charge in [-0.05, 0) is 24.3 Å². The predicted octanol–water partition coefficient (Wildman–Crippen LogP) is 2.56. The maximum Gasteiger partial charge on any atom is 0.230 e. The lowest BCUT2D eigenvalue weighted by atomic mass is 10.1. The Hall–Kier alpha value is -2.64. The lowest BCUT2D eigenvalue weighted by Gasteiger charge is -2.28. The van der Waals surface area contributed by atoms with Crippen molar-refractivity contribution in [2.45, 2.75) is 6.42 Å². The van der Waals surface area contributed by atoms with Gasteiger partial charge in [0.1, 0.15) is 5.82 Å². The van der Waals surface area contributed by atoms with E-state index in [9.17, 15) is 9.59 Å². The van der Waals surface area contributed by atoms with Crippen LogP contribution in [0.1, 0.15) is 6.42 Å². The fraction of sp³-hybridized carbons (Fsp3) is 0.350. The molecule has 28 heavy (non-hydrogen) atoms. The Kier molecular flexibility index (Phi) is 5.45. The van der Waals surface area contributed by atoms with Gasteiger partial charge in [0, 0.05) is 26.1 Å². The van der Waals surface area contributed by atoms with Gasteiger partial charge in [-0.2, -0.15) is 0 Å². The van der Waals surface area contributed by atoms with Gasteiger partial charge in [-0.3, -0.25) is 9.59 Å². The summed E-state index contributed by atoms with van der Waals surface area (Å²) in [7, 11) is 0. The Balaban J connectivity index is 1.39. The van der Waals surface area contributed by atoms with E-state index < -0.39 is 5.92 Å². The molecule has 2 aromatic rings. The summed E-state index contributed by atoms with van der Waals surface area (Å²) in [5, 5.41) is 3.31. The van der Waals surface area contributed by atoms with Crippen molar-refractivity contribution in [2.75, 3.05) is 48.0 Å². The monoisotopic (exact) mass is 400 g/mol. The lowest BCUT2D eigenvalue weighted by molar-refractivity contribution is -0.122. The molecule has 0 aliphatic carbocycles. The van der Waals surface area contributed by atoms with E-state index in [0.29, 0.717) is 36.3 Å². The molecule has 0 bridgehead atoms. The first-order valence-electron chi connectivity index (χ1n) is 9.26. The number of halogens is 1. The first-order valence-corrected chi connectivity index (χ1v) is 9.64. The first kappa shape index (κ1) is 18.7. The summed E-state index contributed by atoms with van der Waals surface area (Å²) in [5.74, 6) is -0.284. The van der Waals surface area contributed by atoms with Crippen LogP contribution in [0.3, 0.4) is 0 Å². The Morgan fingerprint density at radius 2 is 1.96 bits per heavy atom. The SMILES string of the molecule is O=C(Nc1ccc(N2CCOCC2)cn1)C1CC(=O)N(c2ccccc2Cl)C1. The smallest absolute Gasteiger partial charge is 0.230 e. The highest BCUT2D eigenvalue weighted by Crippen LogP contribution is 2.31. The summed E-state index contributed by atoms with van der Waals surface area (Å²) in [6, 6.07) is 10.9. The van der Waals surface area contributed by atoms with Crippen molar-refractivity contribution in [3.05, 3.63) is 47.6 Å². The molecule has 1 aromatic carbocycles. The number of aromatic nitrogens is 1. The number of carbonyl (C=O) groups excluding carboxylic acids is 2. The molecule has 1 atom stereocenters. The Labute approximate surface area is 168 Å². The van der Waals surface area contributed by atoms with Crippen LogP contribution < -0.4 is 15.1 Å². The number of hydrogen-bond acceptors (Lipinski definition) is 5. The molecule has 4 rings (SSSR count). The summed E-state index contributed by atoms with van der Waals surface area (Å²) in [5.41, 5.74) is 1.64. The molecule has 0 saturated carbocycles. The van der Waals surface area contributed by atoms with Crippen LogP contribution in [0.25, 0.3) is 0 Å². The highest BCUT2D eigenvalue weighted by Gasteiger charge is 2.36. The van der Waals surface area contributed by atoms with Gasteiger partial charge in [0.05, 0.1) is 41.7 Å². The van der Waals surface area contributed by atoms with Crippen LogP contribution in [0, 0.1) is 5.92 Å². The number of rotatable bonds is 4. The minimum atomic E-state index is -0.440. The summed E-state index contributed by atoms with van der Waals surface area (Å²) < 4.78 is 5.35. The van der Waals surface area contributed by atoms with E-state index in [1.807, 2.05) is 18.2 Å². The summed E-state index contributed by atoms with van der Waals surface area (Å²) in [6.07, 6.45) is 1.90. The van der Waals surface area contributed by atoms with E-state index in [0.717, 1.165) is 18.8 Å². The maximum atomic E-state index is 12.6. The lowest BCUT2D eigenvalue weighted by Crippen LogP contribution is -2.36. The van der Waals surface area contributed by atoms with E-state index in [4.69, 9.17) is 16.3 Å². The number of nitrogens with one attached hydrogen (secondary N) is 1. The van der Waals surface area contributed by atoms with E-state index in [1.54, 1.807) is 29.3 Å². The van der Waals surface area contributed by atoms with Crippen molar-refractivity contribution < 1.29 is 14.3 Å². The van der Waals surface area contributed by atoms with Crippen LogP contribution in [0.2, 0.25) is 5.02 Å². The van der Waals surface area contributed by atoms with Gasteiger partial charge < -0.3 is 19.9 Å². The number of ether oxygens (including phenoxy) is 1. The van der Waals surface area contributed by atoms with Crippen LogP contribution in [0.4, 0.5) is 17.2 Å². The van der Waals surface area contributed by atoms with Gasteiger partial charge in [-0.1, -0.05) is 23.7 Å². The van der Waals surface area contributed by atoms with Gasteiger partial charge in [0.2, 0.25) is 11.8 Å². The number of hydrogen-bond donors (Lipinski definition) is 1. The van der Waals surface area contributed by atoms with E-state index in [-0.39, 0.29) is 18.2 Å². The van der Waals surface area contributed by atoms with Crippen molar-refractivity contribution in [3.63, 3.8) is 0 Å². The molecule has 0 spiro atoms. The van der Waals surface area contributed by atoms with Gasteiger partial charge >= 0.3 is 0 Å². The second-order valence-corrected chi connectivity index (χ2v) is 7.25. The predicted molar refractivity (Wildman–Crippen MR) is 108 cm³/mol. The topological polar surface area (TPSA) is 74.8 Å². The molecule has 1 unspecified atom stereocenters. The average Bonchev–Trinajstić information content (AvgIpc) is 3.11. The van der Waals surface area contributed by atoms with Crippen molar-refractivity contribution in [2.24, 2.45) is 5.92 Å². The molecule has 8 heteroatoms. The van der Waals surface area contributed by atoms with Crippen molar-refractivity contribution in [1.82, 2.24) is 4.98 Å². The van der Waals surface area contributed by atoms with Crippen LogP contribution in [0.15, 0.2) is 42.6 Å². The minimum absolute atomic E-state index is 0.108. The Bertz CT molecular complexity index is 868. The fourth-order valence-corrected chi connectivity index (χ4v) is 3.72. The second-order valence-electron chi connectivity index (χ2n) is 6.85. The Morgan fingerprint density at radius 1 is 1.18 bits per heavy atom. The number of pyridine rings is 1. The molecule has 2 aliphatic rings. The molecule has 2 saturated heterocycles. The molecular formula is C20H21ClN4O3. The largest absolute Gasteiger partial charge is 0.378 e. The van der Waals surface area contributed by atoms with E-state index >= 15 is 0 Å². The molecule has 2 amide bonds. The number of anilines is 3. The first-order chi connectivity index (χ1) is 13.6. The Morgan fingerprint density at radius 3 is 2.68 bits per heavy atom. The zero-order valence-corrected chi connectivity index (χ0v) is 16.1. The van der Waals surface area contributed by atoms with Crippen LogP contribution in [-0.4, -0.2) is 49.6 Å². The number of benzene rings is 1. The van der Waals surface area contributed by atoms with Crippen LogP contribution in [-0.2, 0) is 14.3 Å². The molecule has 1 N–H and O–H groups in total. The molecule has 3 heterocycles. The number of morpholine rings is 1. The number of amides is 2. The van der Waals surface area contributed by atoms with Crippen molar-refractivity contribution in [3.8, 4) is 0 Å². The normalized spacial score (nSPS) is 19.8. The molecule has 0 radical (unpaired) electrons. The second kappa shape index (κ2) is 8.16. The molecule has 146 valence electrons. The zero-order valence-electron chi connectivity index (χ0n) is 15.3.